The van der Waals surface area contributed by atoms with E-state index in [1.807, 2.05) is 6.92 Å². The van der Waals surface area contributed by atoms with E-state index in [4.69, 9.17) is 5.11 Å². The largest absolute Gasteiger partial charge is 0.480 e. The first-order chi connectivity index (χ1) is 7.56. The number of amides is 2. The summed E-state index contributed by atoms with van der Waals surface area (Å²) in [7, 11) is 0. The van der Waals surface area contributed by atoms with E-state index in [9.17, 15) is 9.59 Å². The van der Waals surface area contributed by atoms with Gasteiger partial charge in [0.15, 0.2) is 0 Å². The molecule has 1 saturated heterocycles. The van der Waals surface area contributed by atoms with Gasteiger partial charge in [0.05, 0.1) is 0 Å². The van der Waals surface area contributed by atoms with E-state index in [1.54, 1.807) is 11.0 Å². The lowest BCUT2D eigenvalue weighted by Gasteiger charge is -2.28. The number of carboxylic acid groups (broad SMARTS) is 1. The summed E-state index contributed by atoms with van der Waals surface area (Å²) >= 11 is 0. The van der Waals surface area contributed by atoms with Gasteiger partial charge in [0, 0.05) is 19.1 Å². The first-order valence-electron chi connectivity index (χ1n) is 5.44. The molecule has 0 aliphatic carbocycles. The maximum atomic E-state index is 12.0. The van der Waals surface area contributed by atoms with E-state index in [0.29, 0.717) is 6.54 Å². The zero-order valence-electron chi connectivity index (χ0n) is 9.56. The van der Waals surface area contributed by atoms with E-state index in [-0.39, 0.29) is 25.2 Å². The van der Waals surface area contributed by atoms with Crippen molar-refractivity contribution in [3.8, 4) is 0 Å². The minimum absolute atomic E-state index is 0.202. The van der Waals surface area contributed by atoms with Crippen LogP contribution in [0.1, 0.15) is 19.8 Å². The fraction of sp³-hybridized carbons (Fsp3) is 0.636. The fourth-order valence-electron chi connectivity index (χ4n) is 1.93. The van der Waals surface area contributed by atoms with Crippen molar-refractivity contribution in [3.05, 3.63) is 12.7 Å². The summed E-state index contributed by atoms with van der Waals surface area (Å²) < 4.78 is 0. The van der Waals surface area contributed by atoms with Crippen molar-refractivity contribution in [2.24, 2.45) is 0 Å². The highest BCUT2D eigenvalue weighted by Crippen LogP contribution is 2.18. The zero-order valence-corrected chi connectivity index (χ0v) is 9.56. The van der Waals surface area contributed by atoms with Crippen molar-refractivity contribution >= 4 is 12.0 Å². The Labute approximate surface area is 95.3 Å². The van der Waals surface area contributed by atoms with Crippen LogP contribution in [0, 0.1) is 0 Å². The first kappa shape index (κ1) is 12.5. The summed E-state index contributed by atoms with van der Waals surface area (Å²) in [6, 6.07) is 0.000843. The van der Waals surface area contributed by atoms with Gasteiger partial charge in [0.2, 0.25) is 0 Å². The lowest BCUT2D eigenvalue weighted by molar-refractivity contribution is -0.137. The molecule has 2 amide bonds. The van der Waals surface area contributed by atoms with Crippen LogP contribution in [0.3, 0.4) is 0 Å². The average Bonchev–Trinajstić information content (AvgIpc) is 2.62. The zero-order chi connectivity index (χ0) is 12.1. The number of hydrogen-bond donors (Lipinski definition) is 1. The molecule has 0 radical (unpaired) electrons. The maximum Gasteiger partial charge on any atom is 0.323 e. The standard InChI is InChI=1S/C11H18N2O3/c1-3-6-12(8-10(14)15)11(16)13-7-4-5-9(13)2/h3,9H,1,4-8H2,2H3,(H,14,15). The Balaban J connectivity index is 2.65. The van der Waals surface area contributed by atoms with Crippen LogP contribution in [0.4, 0.5) is 4.79 Å². The molecule has 1 aliphatic heterocycles. The molecule has 90 valence electrons. The van der Waals surface area contributed by atoms with Gasteiger partial charge in [-0.05, 0) is 19.8 Å². The van der Waals surface area contributed by atoms with Gasteiger partial charge in [-0.2, -0.15) is 0 Å². The Morgan fingerprint density at radius 2 is 2.31 bits per heavy atom. The minimum Gasteiger partial charge on any atom is -0.480 e. The van der Waals surface area contributed by atoms with Crippen LogP contribution in [0.5, 0.6) is 0 Å². The second-order valence-electron chi connectivity index (χ2n) is 4.03. The molecule has 0 aromatic carbocycles. The van der Waals surface area contributed by atoms with E-state index < -0.39 is 5.97 Å². The summed E-state index contributed by atoms with van der Waals surface area (Å²) in [6.07, 6.45) is 3.52. The van der Waals surface area contributed by atoms with Crippen molar-refractivity contribution in [1.82, 2.24) is 9.80 Å². The van der Waals surface area contributed by atoms with Gasteiger partial charge in [-0.3, -0.25) is 4.79 Å². The maximum absolute atomic E-state index is 12.0. The minimum atomic E-state index is -0.998. The van der Waals surface area contributed by atoms with Crippen molar-refractivity contribution in [1.29, 1.82) is 0 Å². The fourth-order valence-corrected chi connectivity index (χ4v) is 1.93. The number of carbonyl (C=O) groups excluding carboxylic acids is 1. The van der Waals surface area contributed by atoms with Gasteiger partial charge in [0.1, 0.15) is 6.54 Å². The van der Waals surface area contributed by atoms with Crippen LogP contribution in [0.25, 0.3) is 0 Å². The number of hydrogen-bond acceptors (Lipinski definition) is 2. The quantitative estimate of drug-likeness (QED) is 0.732. The van der Waals surface area contributed by atoms with Gasteiger partial charge < -0.3 is 14.9 Å². The second kappa shape index (κ2) is 5.53. The highest BCUT2D eigenvalue weighted by molar-refractivity contribution is 5.80. The molecule has 5 nitrogen and oxygen atoms in total. The van der Waals surface area contributed by atoms with Crippen molar-refractivity contribution in [2.75, 3.05) is 19.6 Å². The summed E-state index contributed by atoms with van der Waals surface area (Å²) in [5, 5.41) is 8.72. The van der Waals surface area contributed by atoms with Crippen LogP contribution in [0.2, 0.25) is 0 Å². The molecular weight excluding hydrogens is 208 g/mol. The SMILES string of the molecule is C=CCN(CC(=O)O)C(=O)N1CCCC1C. The van der Waals surface area contributed by atoms with Crippen molar-refractivity contribution in [3.63, 3.8) is 0 Å². The Bertz CT molecular complexity index is 291. The van der Waals surface area contributed by atoms with Crippen LogP contribution < -0.4 is 0 Å². The predicted octanol–water partition coefficient (Wildman–Crippen LogP) is 1.16. The topological polar surface area (TPSA) is 60.9 Å². The van der Waals surface area contributed by atoms with E-state index >= 15 is 0 Å². The highest BCUT2D eigenvalue weighted by Gasteiger charge is 2.29. The van der Waals surface area contributed by atoms with Gasteiger partial charge >= 0.3 is 12.0 Å². The summed E-state index contributed by atoms with van der Waals surface area (Å²) in [6.45, 7) is 6.23. The third-order valence-corrected chi connectivity index (χ3v) is 2.74. The van der Waals surface area contributed by atoms with Gasteiger partial charge in [-0.15, -0.1) is 6.58 Å². The molecule has 16 heavy (non-hydrogen) atoms. The molecule has 5 heteroatoms. The van der Waals surface area contributed by atoms with Gasteiger partial charge in [-0.1, -0.05) is 6.08 Å². The van der Waals surface area contributed by atoms with Crippen molar-refractivity contribution in [2.45, 2.75) is 25.8 Å². The average molecular weight is 226 g/mol. The third kappa shape index (κ3) is 2.98. The van der Waals surface area contributed by atoms with Crippen molar-refractivity contribution < 1.29 is 14.7 Å². The third-order valence-electron chi connectivity index (χ3n) is 2.74. The summed E-state index contributed by atoms with van der Waals surface area (Å²) in [4.78, 5) is 25.7. The lowest BCUT2D eigenvalue weighted by atomic mass is 10.2. The molecule has 1 fully saturated rings. The normalized spacial score (nSPS) is 19.6. The molecular formula is C11H18N2O3. The number of rotatable bonds is 4. The van der Waals surface area contributed by atoms with E-state index in [1.165, 1.54) is 4.90 Å². The molecule has 1 unspecified atom stereocenters. The number of urea groups is 1. The second-order valence-corrected chi connectivity index (χ2v) is 4.03. The molecule has 1 heterocycles. The van der Waals surface area contributed by atoms with E-state index in [2.05, 4.69) is 6.58 Å². The number of aliphatic carboxylic acids is 1. The van der Waals surface area contributed by atoms with Gasteiger partial charge in [0.25, 0.3) is 0 Å². The van der Waals surface area contributed by atoms with Crippen LogP contribution in [-0.2, 0) is 4.79 Å². The molecule has 1 N–H and O–H groups in total. The lowest BCUT2D eigenvalue weighted by Crippen LogP contribution is -2.46. The van der Waals surface area contributed by atoms with Crippen LogP contribution in [-0.4, -0.2) is 52.6 Å². The Morgan fingerprint density at radius 1 is 1.62 bits per heavy atom. The molecule has 1 atom stereocenters. The Hall–Kier alpha value is -1.52. The predicted molar refractivity (Wildman–Crippen MR) is 60.2 cm³/mol. The first-order valence-corrected chi connectivity index (χ1v) is 5.44. The van der Waals surface area contributed by atoms with Crippen LogP contribution >= 0.6 is 0 Å². The Kier molecular flexibility index (Phi) is 4.34. The molecule has 1 rings (SSSR count). The molecule has 0 spiro atoms. The van der Waals surface area contributed by atoms with Crippen LogP contribution in [0.15, 0.2) is 12.7 Å². The molecule has 0 aromatic rings. The van der Waals surface area contributed by atoms with Gasteiger partial charge in [-0.25, -0.2) is 4.79 Å². The number of carboxylic acids is 1. The number of nitrogens with zero attached hydrogens (tertiary/aromatic N) is 2. The number of carbonyl (C=O) groups is 2. The Morgan fingerprint density at radius 3 is 2.75 bits per heavy atom. The molecule has 1 aliphatic rings. The smallest absolute Gasteiger partial charge is 0.323 e. The molecule has 0 bridgehead atoms. The molecule has 0 saturated carbocycles. The van der Waals surface area contributed by atoms with E-state index in [0.717, 1.165) is 12.8 Å². The molecule has 0 aromatic heterocycles. The summed E-state index contributed by atoms with van der Waals surface area (Å²) in [5.41, 5.74) is 0. The monoisotopic (exact) mass is 226 g/mol. The highest BCUT2D eigenvalue weighted by atomic mass is 16.4. The summed E-state index contributed by atoms with van der Waals surface area (Å²) in [5.74, 6) is -0.998. The number of likely N-dealkylation sites (tertiary alicyclic amines) is 1.